The lowest BCUT2D eigenvalue weighted by Gasteiger charge is -2.05. The molecule has 106 valence electrons. The fourth-order valence-electron chi connectivity index (χ4n) is 2.35. The van der Waals surface area contributed by atoms with Crippen molar-refractivity contribution in [1.82, 2.24) is 10.3 Å². The Morgan fingerprint density at radius 2 is 1.86 bits per heavy atom. The largest absolute Gasteiger partial charge is 0.399 e. The van der Waals surface area contributed by atoms with Gasteiger partial charge in [-0.3, -0.25) is 4.79 Å². The number of benzene rings is 2. The number of H-pyrrole nitrogens is 1. The van der Waals surface area contributed by atoms with Crippen LogP contribution in [-0.4, -0.2) is 10.9 Å². The van der Waals surface area contributed by atoms with E-state index in [0.717, 1.165) is 27.7 Å². The summed E-state index contributed by atoms with van der Waals surface area (Å²) < 4.78 is 0. The minimum atomic E-state index is 0.0107. The van der Waals surface area contributed by atoms with Crippen molar-refractivity contribution in [1.29, 1.82) is 0 Å². The summed E-state index contributed by atoms with van der Waals surface area (Å²) in [5.41, 5.74) is 9.47. The number of aromatic amines is 1. The standard InChI is InChI=1S/C17H17N3O/c18-14-7-5-12(6-8-14)10-20-17(21)9-13-11-19-16-4-2-1-3-15(13)16/h1-8,11,19H,9-10,18H2,(H,20,21). The Balaban J connectivity index is 1.62. The minimum absolute atomic E-state index is 0.0107. The van der Waals surface area contributed by atoms with Crippen LogP contribution in [0.15, 0.2) is 54.7 Å². The first-order valence-electron chi connectivity index (χ1n) is 6.88. The topological polar surface area (TPSA) is 70.9 Å². The van der Waals surface area contributed by atoms with Crippen LogP contribution >= 0.6 is 0 Å². The second kappa shape index (κ2) is 5.71. The van der Waals surface area contributed by atoms with E-state index in [9.17, 15) is 4.79 Å². The van der Waals surface area contributed by atoms with Crippen molar-refractivity contribution < 1.29 is 4.79 Å². The molecule has 4 nitrogen and oxygen atoms in total. The van der Waals surface area contributed by atoms with Crippen molar-refractivity contribution in [2.24, 2.45) is 0 Å². The zero-order chi connectivity index (χ0) is 14.7. The fourth-order valence-corrected chi connectivity index (χ4v) is 2.35. The van der Waals surface area contributed by atoms with E-state index in [1.165, 1.54) is 0 Å². The van der Waals surface area contributed by atoms with Gasteiger partial charge in [-0.05, 0) is 29.3 Å². The molecule has 0 fully saturated rings. The van der Waals surface area contributed by atoms with E-state index in [-0.39, 0.29) is 5.91 Å². The first-order valence-corrected chi connectivity index (χ1v) is 6.88. The van der Waals surface area contributed by atoms with E-state index in [1.807, 2.05) is 54.7 Å². The zero-order valence-electron chi connectivity index (χ0n) is 11.6. The summed E-state index contributed by atoms with van der Waals surface area (Å²) in [6.45, 7) is 0.515. The van der Waals surface area contributed by atoms with Crippen LogP contribution in [0.25, 0.3) is 10.9 Å². The third kappa shape index (κ3) is 3.05. The molecule has 21 heavy (non-hydrogen) atoms. The molecule has 4 heteroatoms. The molecule has 1 aromatic heterocycles. The molecule has 0 aliphatic carbocycles. The van der Waals surface area contributed by atoms with Crippen LogP contribution in [0.4, 0.5) is 5.69 Å². The Morgan fingerprint density at radius 3 is 2.67 bits per heavy atom. The van der Waals surface area contributed by atoms with Gasteiger partial charge in [0.05, 0.1) is 6.42 Å². The molecule has 1 amide bonds. The molecule has 0 saturated heterocycles. The van der Waals surface area contributed by atoms with Crippen LogP contribution in [0.5, 0.6) is 0 Å². The van der Waals surface area contributed by atoms with Crippen LogP contribution in [0.2, 0.25) is 0 Å². The van der Waals surface area contributed by atoms with E-state index in [4.69, 9.17) is 5.73 Å². The van der Waals surface area contributed by atoms with Gasteiger partial charge in [0.2, 0.25) is 5.91 Å². The van der Waals surface area contributed by atoms with Gasteiger partial charge in [-0.2, -0.15) is 0 Å². The van der Waals surface area contributed by atoms with Crippen molar-refractivity contribution in [3.8, 4) is 0 Å². The van der Waals surface area contributed by atoms with Crippen molar-refractivity contribution in [3.63, 3.8) is 0 Å². The number of carbonyl (C=O) groups is 1. The monoisotopic (exact) mass is 279 g/mol. The SMILES string of the molecule is Nc1ccc(CNC(=O)Cc2c[nH]c3ccccc23)cc1. The third-order valence-electron chi connectivity index (χ3n) is 3.50. The maximum atomic E-state index is 12.0. The molecular weight excluding hydrogens is 262 g/mol. The number of fused-ring (bicyclic) bond motifs is 1. The van der Waals surface area contributed by atoms with Gasteiger partial charge in [0.15, 0.2) is 0 Å². The molecule has 1 heterocycles. The van der Waals surface area contributed by atoms with Crippen molar-refractivity contribution in [2.45, 2.75) is 13.0 Å². The summed E-state index contributed by atoms with van der Waals surface area (Å²) in [4.78, 5) is 15.2. The molecule has 0 aliphatic heterocycles. The van der Waals surface area contributed by atoms with E-state index in [2.05, 4.69) is 10.3 Å². The molecule has 0 aliphatic rings. The normalized spacial score (nSPS) is 10.7. The molecule has 0 bridgehead atoms. The second-order valence-corrected chi connectivity index (χ2v) is 5.05. The van der Waals surface area contributed by atoms with Crippen LogP contribution < -0.4 is 11.1 Å². The number of carbonyl (C=O) groups excluding carboxylic acids is 1. The number of nitrogen functional groups attached to an aromatic ring is 1. The molecule has 2 aromatic carbocycles. The van der Waals surface area contributed by atoms with Crippen LogP contribution in [-0.2, 0) is 17.8 Å². The maximum absolute atomic E-state index is 12.0. The Hall–Kier alpha value is -2.75. The molecule has 3 rings (SSSR count). The van der Waals surface area contributed by atoms with E-state index in [0.29, 0.717) is 13.0 Å². The van der Waals surface area contributed by atoms with Gasteiger partial charge >= 0.3 is 0 Å². The average Bonchev–Trinajstić information content (AvgIpc) is 2.90. The van der Waals surface area contributed by atoms with Crippen LogP contribution in [0.1, 0.15) is 11.1 Å². The number of rotatable bonds is 4. The third-order valence-corrected chi connectivity index (χ3v) is 3.50. The smallest absolute Gasteiger partial charge is 0.224 e. The minimum Gasteiger partial charge on any atom is -0.399 e. The molecular formula is C17H17N3O. The summed E-state index contributed by atoms with van der Waals surface area (Å²) in [6.07, 6.45) is 2.27. The summed E-state index contributed by atoms with van der Waals surface area (Å²) in [6, 6.07) is 15.5. The Bertz CT molecular complexity index is 759. The number of nitrogens with one attached hydrogen (secondary N) is 2. The van der Waals surface area contributed by atoms with Crippen LogP contribution in [0, 0.1) is 0 Å². The Kier molecular flexibility index (Phi) is 3.60. The average molecular weight is 279 g/mol. The van der Waals surface area contributed by atoms with Crippen molar-refractivity contribution >= 4 is 22.5 Å². The number of amides is 1. The highest BCUT2D eigenvalue weighted by Gasteiger charge is 2.08. The number of hydrogen-bond donors (Lipinski definition) is 3. The fraction of sp³-hybridized carbons (Fsp3) is 0.118. The first kappa shape index (κ1) is 13.2. The summed E-state index contributed by atoms with van der Waals surface area (Å²) in [7, 11) is 0. The Morgan fingerprint density at radius 1 is 1.10 bits per heavy atom. The predicted molar refractivity (Wildman–Crippen MR) is 84.7 cm³/mol. The van der Waals surface area contributed by atoms with Gasteiger partial charge in [-0.1, -0.05) is 30.3 Å². The molecule has 0 spiro atoms. The first-order chi connectivity index (χ1) is 10.2. The van der Waals surface area contributed by atoms with Gasteiger partial charge < -0.3 is 16.0 Å². The van der Waals surface area contributed by atoms with Crippen molar-refractivity contribution in [2.75, 3.05) is 5.73 Å². The van der Waals surface area contributed by atoms with Gasteiger partial charge in [0, 0.05) is 29.3 Å². The highest BCUT2D eigenvalue weighted by Crippen LogP contribution is 2.18. The van der Waals surface area contributed by atoms with E-state index >= 15 is 0 Å². The molecule has 3 aromatic rings. The number of para-hydroxylation sites is 1. The predicted octanol–water partition coefficient (Wildman–Crippen LogP) is 2.61. The highest BCUT2D eigenvalue weighted by atomic mass is 16.1. The maximum Gasteiger partial charge on any atom is 0.224 e. The number of aromatic nitrogens is 1. The molecule has 0 unspecified atom stereocenters. The second-order valence-electron chi connectivity index (χ2n) is 5.05. The van der Waals surface area contributed by atoms with Gasteiger partial charge in [-0.25, -0.2) is 0 Å². The summed E-state index contributed by atoms with van der Waals surface area (Å²) in [5, 5.41) is 4.03. The lowest BCUT2D eigenvalue weighted by atomic mass is 10.1. The van der Waals surface area contributed by atoms with E-state index < -0.39 is 0 Å². The summed E-state index contributed by atoms with van der Waals surface area (Å²) in [5.74, 6) is 0.0107. The number of nitrogens with two attached hydrogens (primary N) is 1. The van der Waals surface area contributed by atoms with Gasteiger partial charge in [-0.15, -0.1) is 0 Å². The van der Waals surface area contributed by atoms with Gasteiger partial charge in [0.25, 0.3) is 0 Å². The summed E-state index contributed by atoms with van der Waals surface area (Å²) >= 11 is 0. The van der Waals surface area contributed by atoms with Crippen molar-refractivity contribution in [3.05, 3.63) is 65.9 Å². The lowest BCUT2D eigenvalue weighted by molar-refractivity contribution is -0.120. The quantitative estimate of drug-likeness (QED) is 0.642. The number of hydrogen-bond acceptors (Lipinski definition) is 2. The number of anilines is 1. The molecule has 0 atom stereocenters. The lowest BCUT2D eigenvalue weighted by Crippen LogP contribution is -2.24. The molecule has 0 saturated carbocycles. The van der Waals surface area contributed by atoms with Gasteiger partial charge in [0.1, 0.15) is 0 Å². The molecule has 0 radical (unpaired) electrons. The highest BCUT2D eigenvalue weighted by molar-refractivity contribution is 5.88. The Labute approximate surface area is 123 Å². The zero-order valence-corrected chi connectivity index (χ0v) is 11.6. The van der Waals surface area contributed by atoms with Crippen LogP contribution in [0.3, 0.4) is 0 Å². The molecule has 4 N–H and O–H groups in total. The van der Waals surface area contributed by atoms with E-state index in [1.54, 1.807) is 0 Å².